The summed E-state index contributed by atoms with van der Waals surface area (Å²) in [6.45, 7) is 4.00. The van der Waals surface area contributed by atoms with Crippen LogP contribution in [0, 0.1) is 35.5 Å². The molecule has 0 unspecified atom stereocenters. The van der Waals surface area contributed by atoms with Crippen LogP contribution >= 0.6 is 47.8 Å². The quantitative estimate of drug-likeness (QED) is 0.201. The van der Waals surface area contributed by atoms with Gasteiger partial charge in [-0.05, 0) is 37.5 Å². The summed E-state index contributed by atoms with van der Waals surface area (Å²) in [5.74, 6) is 19.4. The third-order valence-electron chi connectivity index (χ3n) is 2.94. The molecule has 0 heterocycles. The Bertz CT molecular complexity index is 565. The molecule has 1 aromatic carbocycles. The van der Waals surface area contributed by atoms with E-state index >= 15 is 0 Å². The zero-order valence-electron chi connectivity index (χ0n) is 15.7. The monoisotopic (exact) mass is 540 g/mol. The van der Waals surface area contributed by atoms with E-state index in [4.69, 9.17) is 0 Å². The van der Waals surface area contributed by atoms with Crippen molar-refractivity contribution >= 4 is 47.8 Å². The molecule has 1 rings (SSSR count). The van der Waals surface area contributed by atoms with E-state index in [1.165, 1.54) is 0 Å². The average molecular weight is 543 g/mol. The highest BCUT2D eigenvalue weighted by molar-refractivity contribution is 9.09. The lowest BCUT2D eigenvalue weighted by Crippen LogP contribution is -1.85. The molecule has 0 aromatic heterocycles. The van der Waals surface area contributed by atoms with E-state index in [1.54, 1.807) is 0 Å². The summed E-state index contributed by atoms with van der Waals surface area (Å²) in [7, 11) is 0. The highest BCUT2D eigenvalue weighted by Gasteiger charge is 1.96. The fourth-order valence-corrected chi connectivity index (χ4v) is 2.64. The van der Waals surface area contributed by atoms with Gasteiger partial charge >= 0.3 is 0 Å². The van der Waals surface area contributed by atoms with Crippen LogP contribution < -0.4 is 0 Å². The Morgan fingerprint density at radius 1 is 0.577 bits per heavy atom. The first-order valence-electron chi connectivity index (χ1n) is 9.09. The summed E-state index contributed by atoms with van der Waals surface area (Å²) in [5.41, 5.74) is 3.00. The number of unbranched alkanes of at least 4 members (excludes halogenated alkanes) is 3. The van der Waals surface area contributed by atoms with Gasteiger partial charge < -0.3 is 0 Å². The summed E-state index contributed by atoms with van der Waals surface area (Å²) < 4.78 is 0. The van der Waals surface area contributed by atoms with Crippen molar-refractivity contribution in [2.24, 2.45) is 0 Å². The van der Waals surface area contributed by atoms with Crippen LogP contribution in [0.4, 0.5) is 0 Å². The topological polar surface area (TPSA) is 0 Å². The molecule has 1 aromatic rings. The van der Waals surface area contributed by atoms with Gasteiger partial charge in [-0.25, -0.2) is 0 Å². The van der Waals surface area contributed by atoms with Gasteiger partial charge in [-0.3, -0.25) is 0 Å². The number of alkyl halides is 3. The van der Waals surface area contributed by atoms with E-state index in [0.29, 0.717) is 0 Å². The van der Waals surface area contributed by atoms with Crippen molar-refractivity contribution in [3.8, 4) is 35.5 Å². The third kappa shape index (κ3) is 13.5. The maximum atomic E-state index is 3.43. The molecule has 0 radical (unpaired) electrons. The number of hydrogen-bond donors (Lipinski definition) is 0. The Balaban J connectivity index is 0.00000301. The van der Waals surface area contributed by atoms with Crippen molar-refractivity contribution in [3.05, 3.63) is 34.9 Å². The molecule has 0 aliphatic rings. The number of rotatable bonds is 6. The van der Waals surface area contributed by atoms with Crippen LogP contribution in [0.3, 0.4) is 0 Å². The highest BCUT2D eigenvalue weighted by Crippen LogP contribution is 2.09. The predicted molar refractivity (Wildman–Crippen MR) is 128 cm³/mol. The van der Waals surface area contributed by atoms with Crippen LogP contribution in [0.5, 0.6) is 0 Å². The Morgan fingerprint density at radius 2 is 0.846 bits per heavy atom. The Morgan fingerprint density at radius 3 is 1.08 bits per heavy atom. The first-order chi connectivity index (χ1) is 12.8. The van der Waals surface area contributed by atoms with E-state index in [2.05, 4.69) is 102 Å². The van der Waals surface area contributed by atoms with Gasteiger partial charge in [0.1, 0.15) is 0 Å². The molecule has 0 nitrogen and oxygen atoms in total. The van der Waals surface area contributed by atoms with Crippen LogP contribution in [0.25, 0.3) is 0 Å². The normalized spacial score (nSPS) is 8.65. The second kappa shape index (κ2) is 19.1. The van der Waals surface area contributed by atoms with Gasteiger partial charge in [-0.15, -0.1) is 0 Å². The SMILES string of the molecule is BrCCCC#Cc1cc(C#CCCCBr)cc(C#CCCCBr)c1.CC. The minimum absolute atomic E-state index is 0.901. The minimum atomic E-state index is 0.901. The second-order valence-electron chi connectivity index (χ2n) is 5.08. The molecule has 0 bridgehead atoms. The van der Waals surface area contributed by atoms with Crippen molar-refractivity contribution < 1.29 is 0 Å². The fraction of sp³-hybridized carbons (Fsp3) is 0.478. The molecule has 0 atom stereocenters. The van der Waals surface area contributed by atoms with Crippen LogP contribution in [0.2, 0.25) is 0 Å². The van der Waals surface area contributed by atoms with E-state index in [0.717, 1.165) is 71.2 Å². The summed E-state index contributed by atoms with van der Waals surface area (Å²) in [5, 5.41) is 2.97. The van der Waals surface area contributed by atoms with Crippen LogP contribution in [0.15, 0.2) is 18.2 Å². The zero-order valence-corrected chi connectivity index (χ0v) is 20.5. The van der Waals surface area contributed by atoms with Crippen LogP contribution in [-0.2, 0) is 0 Å². The summed E-state index contributed by atoms with van der Waals surface area (Å²) in [6.07, 6.45) is 5.91. The molecule has 0 saturated heterocycles. The average Bonchev–Trinajstić information content (AvgIpc) is 2.67. The number of hydrogen-bond acceptors (Lipinski definition) is 0. The van der Waals surface area contributed by atoms with Gasteiger partial charge in [0.05, 0.1) is 0 Å². The molecule has 0 fully saturated rings. The van der Waals surface area contributed by atoms with Crippen molar-refractivity contribution in [2.75, 3.05) is 16.0 Å². The van der Waals surface area contributed by atoms with Gasteiger partial charge in [0, 0.05) is 51.9 Å². The standard InChI is InChI=1S/C21H21Br3.C2H6/c22-13-7-1-4-10-19-16-20(11-5-2-8-14-23)18-21(17-19)12-6-3-9-15-24;1-2/h16-18H,1-3,7-9,13-15H2;1-2H3. The smallest absolute Gasteiger partial charge is 0.0270 e. The summed E-state index contributed by atoms with van der Waals surface area (Å²) in [4.78, 5) is 0. The molecule has 0 amide bonds. The van der Waals surface area contributed by atoms with Crippen molar-refractivity contribution in [1.82, 2.24) is 0 Å². The van der Waals surface area contributed by atoms with Gasteiger partial charge in [-0.1, -0.05) is 97.2 Å². The van der Waals surface area contributed by atoms with Crippen LogP contribution in [-0.4, -0.2) is 16.0 Å². The molecule has 0 aliphatic heterocycles. The Hall–Kier alpha value is -0.660. The molecule has 3 heteroatoms. The highest BCUT2D eigenvalue weighted by atomic mass is 79.9. The lowest BCUT2D eigenvalue weighted by atomic mass is 10.1. The van der Waals surface area contributed by atoms with Gasteiger partial charge in [0.15, 0.2) is 0 Å². The van der Waals surface area contributed by atoms with Crippen LogP contribution in [0.1, 0.15) is 69.1 Å². The van der Waals surface area contributed by atoms with Gasteiger partial charge in [-0.2, -0.15) is 0 Å². The Labute approximate surface area is 185 Å². The lowest BCUT2D eigenvalue weighted by Gasteiger charge is -1.97. The van der Waals surface area contributed by atoms with E-state index in [1.807, 2.05) is 13.8 Å². The molecule has 0 spiro atoms. The van der Waals surface area contributed by atoms with E-state index in [-0.39, 0.29) is 0 Å². The molecule has 26 heavy (non-hydrogen) atoms. The molecule has 140 valence electrons. The van der Waals surface area contributed by atoms with Gasteiger partial charge in [0.2, 0.25) is 0 Å². The largest absolute Gasteiger partial charge is 0.0979 e. The van der Waals surface area contributed by atoms with Crippen molar-refractivity contribution in [3.63, 3.8) is 0 Å². The molecule has 0 saturated carbocycles. The van der Waals surface area contributed by atoms with E-state index in [9.17, 15) is 0 Å². The molecule has 0 N–H and O–H groups in total. The minimum Gasteiger partial charge on any atom is -0.0979 e. The second-order valence-corrected chi connectivity index (χ2v) is 7.46. The maximum Gasteiger partial charge on any atom is 0.0270 e. The predicted octanol–water partition coefficient (Wildman–Crippen LogP) is 7.29. The number of halogens is 3. The Kier molecular flexibility index (Phi) is 18.6. The van der Waals surface area contributed by atoms with Crippen molar-refractivity contribution in [1.29, 1.82) is 0 Å². The van der Waals surface area contributed by atoms with Crippen molar-refractivity contribution in [2.45, 2.75) is 52.4 Å². The molecular weight excluding hydrogens is 516 g/mol. The number of benzene rings is 1. The summed E-state index contributed by atoms with van der Waals surface area (Å²) in [6, 6.07) is 6.18. The van der Waals surface area contributed by atoms with E-state index < -0.39 is 0 Å². The first kappa shape index (κ1) is 25.3. The zero-order chi connectivity index (χ0) is 19.5. The fourth-order valence-electron chi connectivity index (χ4n) is 1.80. The molecular formula is C23H27Br3. The maximum absolute atomic E-state index is 3.43. The summed E-state index contributed by atoms with van der Waals surface area (Å²) >= 11 is 10.3. The first-order valence-corrected chi connectivity index (χ1v) is 12.5. The third-order valence-corrected chi connectivity index (χ3v) is 4.62. The van der Waals surface area contributed by atoms with Gasteiger partial charge in [0.25, 0.3) is 0 Å². The lowest BCUT2D eigenvalue weighted by molar-refractivity contribution is 1.00. The molecule has 0 aliphatic carbocycles.